The number of hydrogen-bond donors (Lipinski definition) is 3. The van der Waals surface area contributed by atoms with Crippen LogP contribution in [0.3, 0.4) is 0 Å². The van der Waals surface area contributed by atoms with E-state index in [-0.39, 0.29) is 22.2 Å². The summed E-state index contributed by atoms with van der Waals surface area (Å²) in [5.41, 5.74) is 2.96. The van der Waals surface area contributed by atoms with E-state index in [1.54, 1.807) is 6.07 Å². The van der Waals surface area contributed by atoms with Crippen molar-refractivity contribution in [1.29, 1.82) is 0 Å². The first-order valence-electron chi connectivity index (χ1n) is 8.87. The lowest BCUT2D eigenvalue weighted by molar-refractivity contribution is 0.102. The van der Waals surface area contributed by atoms with Crippen LogP contribution >= 0.6 is 0 Å². The Balaban J connectivity index is 1.82. The van der Waals surface area contributed by atoms with Gasteiger partial charge in [0.2, 0.25) is 10.0 Å². The molecule has 1 amide bonds. The highest BCUT2D eigenvalue weighted by atomic mass is 32.2. The lowest BCUT2D eigenvalue weighted by Crippen LogP contribution is -2.13. The average molecular weight is 414 g/mol. The topological polar surface area (TPSA) is 127 Å². The van der Waals surface area contributed by atoms with E-state index in [2.05, 4.69) is 29.4 Å². The molecule has 0 atom stereocenters. The van der Waals surface area contributed by atoms with Crippen LogP contribution in [0.15, 0.2) is 53.4 Å². The van der Waals surface area contributed by atoms with Gasteiger partial charge in [-0.3, -0.25) is 9.89 Å². The maximum Gasteiger partial charge on any atom is 0.273 e. The minimum absolute atomic E-state index is 0.134. The largest absolute Gasteiger partial charge is 0.495 e. The number of methoxy groups -OCH3 is 1. The SMILES string of the molecule is COc1ccc(-c2cc(C(=O)Nc3ccc(C(C)C)cc3)[nH]n2)cc1S(N)(=O)=O. The van der Waals surface area contributed by atoms with Crippen LogP contribution in [0.25, 0.3) is 11.3 Å². The number of amides is 1. The fourth-order valence-electron chi connectivity index (χ4n) is 2.79. The van der Waals surface area contributed by atoms with Crippen LogP contribution in [0.5, 0.6) is 5.75 Å². The van der Waals surface area contributed by atoms with E-state index in [1.165, 1.54) is 30.9 Å². The highest BCUT2D eigenvalue weighted by Crippen LogP contribution is 2.28. The Labute approximate surface area is 169 Å². The molecular formula is C20H22N4O4S. The minimum Gasteiger partial charge on any atom is -0.495 e. The van der Waals surface area contributed by atoms with E-state index in [0.717, 1.165) is 0 Å². The van der Waals surface area contributed by atoms with Crippen LogP contribution in [0.1, 0.15) is 35.8 Å². The van der Waals surface area contributed by atoms with E-state index in [4.69, 9.17) is 9.88 Å². The molecule has 3 aromatic rings. The Bertz CT molecular complexity index is 1140. The van der Waals surface area contributed by atoms with Crippen molar-refractivity contribution in [1.82, 2.24) is 10.2 Å². The van der Waals surface area contributed by atoms with Gasteiger partial charge in [-0.25, -0.2) is 13.6 Å². The molecule has 0 aliphatic heterocycles. The van der Waals surface area contributed by atoms with Gasteiger partial charge in [0.1, 0.15) is 16.3 Å². The Kier molecular flexibility index (Phi) is 5.71. The highest BCUT2D eigenvalue weighted by Gasteiger charge is 2.18. The van der Waals surface area contributed by atoms with Crippen LogP contribution < -0.4 is 15.2 Å². The number of nitrogens with two attached hydrogens (primary N) is 1. The predicted octanol–water partition coefficient (Wildman–Crippen LogP) is 3.11. The van der Waals surface area contributed by atoms with Gasteiger partial charge in [-0.05, 0) is 47.9 Å². The summed E-state index contributed by atoms with van der Waals surface area (Å²) in [7, 11) is -2.62. The monoisotopic (exact) mass is 414 g/mol. The van der Waals surface area contributed by atoms with Crippen molar-refractivity contribution < 1.29 is 17.9 Å². The minimum atomic E-state index is -3.98. The van der Waals surface area contributed by atoms with Gasteiger partial charge in [-0.1, -0.05) is 26.0 Å². The maximum absolute atomic E-state index is 12.5. The van der Waals surface area contributed by atoms with Crippen molar-refractivity contribution in [3.63, 3.8) is 0 Å². The Morgan fingerprint density at radius 2 is 1.83 bits per heavy atom. The summed E-state index contributed by atoms with van der Waals surface area (Å²) in [5, 5.41) is 14.8. The number of sulfonamides is 1. The summed E-state index contributed by atoms with van der Waals surface area (Å²) in [6.07, 6.45) is 0. The number of nitrogens with one attached hydrogen (secondary N) is 2. The number of nitrogens with zero attached hydrogens (tertiary/aromatic N) is 1. The fraction of sp³-hybridized carbons (Fsp3) is 0.200. The molecule has 0 saturated heterocycles. The van der Waals surface area contributed by atoms with Crippen LogP contribution in [-0.4, -0.2) is 31.6 Å². The molecule has 0 unspecified atom stereocenters. The first-order chi connectivity index (χ1) is 13.7. The zero-order chi connectivity index (χ0) is 21.2. The standard InChI is InChI=1S/C20H22N4O4S/c1-12(2)13-4-7-15(8-5-13)22-20(25)17-11-16(23-24-17)14-6-9-18(28-3)19(10-14)29(21,26)27/h4-12H,1-3H3,(H,22,25)(H,23,24)(H2,21,26,27). The van der Waals surface area contributed by atoms with E-state index < -0.39 is 10.0 Å². The third-order valence-electron chi connectivity index (χ3n) is 4.42. The summed E-state index contributed by atoms with van der Waals surface area (Å²) in [6.45, 7) is 4.19. The first kappa shape index (κ1) is 20.6. The molecule has 152 valence electrons. The summed E-state index contributed by atoms with van der Waals surface area (Å²) in [5.74, 6) is 0.178. The number of anilines is 1. The van der Waals surface area contributed by atoms with E-state index in [1.807, 2.05) is 24.3 Å². The number of primary sulfonamides is 1. The summed E-state index contributed by atoms with van der Waals surface area (Å²) >= 11 is 0. The van der Waals surface area contributed by atoms with Gasteiger partial charge in [0.25, 0.3) is 5.91 Å². The van der Waals surface area contributed by atoms with Crippen molar-refractivity contribution >= 4 is 21.6 Å². The van der Waals surface area contributed by atoms with Crippen LogP contribution in [-0.2, 0) is 10.0 Å². The van der Waals surface area contributed by atoms with Gasteiger partial charge in [0.05, 0.1) is 12.8 Å². The molecule has 0 fully saturated rings. The molecule has 4 N–H and O–H groups in total. The number of carbonyl (C=O) groups excluding carboxylic acids is 1. The number of H-pyrrole nitrogens is 1. The molecule has 0 aliphatic rings. The normalized spacial score (nSPS) is 11.5. The van der Waals surface area contributed by atoms with Gasteiger partial charge in [-0.2, -0.15) is 5.10 Å². The summed E-state index contributed by atoms with van der Waals surface area (Å²) in [6, 6.07) is 13.6. The van der Waals surface area contributed by atoms with Crippen molar-refractivity contribution in [2.45, 2.75) is 24.7 Å². The Morgan fingerprint density at radius 3 is 2.41 bits per heavy atom. The Morgan fingerprint density at radius 1 is 1.14 bits per heavy atom. The molecule has 0 saturated carbocycles. The van der Waals surface area contributed by atoms with Crippen molar-refractivity contribution in [3.8, 4) is 17.0 Å². The molecule has 9 heteroatoms. The molecule has 0 bridgehead atoms. The molecule has 8 nitrogen and oxygen atoms in total. The van der Waals surface area contributed by atoms with Crippen molar-refractivity contribution in [2.24, 2.45) is 5.14 Å². The number of benzene rings is 2. The lowest BCUT2D eigenvalue weighted by atomic mass is 10.0. The fourth-order valence-corrected chi connectivity index (χ4v) is 3.52. The third kappa shape index (κ3) is 4.64. The molecule has 0 spiro atoms. The van der Waals surface area contributed by atoms with Gasteiger partial charge in [-0.15, -0.1) is 0 Å². The van der Waals surface area contributed by atoms with E-state index in [0.29, 0.717) is 22.9 Å². The Hall–Kier alpha value is -3.17. The van der Waals surface area contributed by atoms with Gasteiger partial charge >= 0.3 is 0 Å². The second-order valence-electron chi connectivity index (χ2n) is 6.81. The number of aromatic nitrogens is 2. The quantitative estimate of drug-likeness (QED) is 0.571. The molecule has 29 heavy (non-hydrogen) atoms. The number of ether oxygens (including phenoxy) is 1. The number of hydrogen-bond acceptors (Lipinski definition) is 5. The van der Waals surface area contributed by atoms with Gasteiger partial charge < -0.3 is 10.1 Å². The smallest absolute Gasteiger partial charge is 0.273 e. The molecule has 2 aromatic carbocycles. The molecule has 3 rings (SSSR count). The zero-order valence-electron chi connectivity index (χ0n) is 16.3. The first-order valence-corrected chi connectivity index (χ1v) is 10.4. The van der Waals surface area contributed by atoms with Crippen LogP contribution in [0, 0.1) is 0 Å². The second kappa shape index (κ2) is 8.06. The van der Waals surface area contributed by atoms with Crippen molar-refractivity contribution in [2.75, 3.05) is 12.4 Å². The molecule has 1 heterocycles. The molecule has 0 aliphatic carbocycles. The zero-order valence-corrected chi connectivity index (χ0v) is 17.1. The molecular weight excluding hydrogens is 392 g/mol. The number of aromatic amines is 1. The van der Waals surface area contributed by atoms with Crippen molar-refractivity contribution in [3.05, 3.63) is 59.8 Å². The van der Waals surface area contributed by atoms with Crippen LogP contribution in [0.2, 0.25) is 0 Å². The summed E-state index contributed by atoms with van der Waals surface area (Å²) in [4.78, 5) is 12.3. The third-order valence-corrected chi connectivity index (χ3v) is 5.36. The van der Waals surface area contributed by atoms with Gasteiger partial charge in [0, 0.05) is 11.3 Å². The lowest BCUT2D eigenvalue weighted by Gasteiger charge is -2.08. The summed E-state index contributed by atoms with van der Waals surface area (Å²) < 4.78 is 28.6. The average Bonchev–Trinajstić information content (AvgIpc) is 3.17. The van der Waals surface area contributed by atoms with Crippen LogP contribution in [0.4, 0.5) is 5.69 Å². The number of carbonyl (C=O) groups is 1. The molecule has 1 aromatic heterocycles. The van der Waals surface area contributed by atoms with Gasteiger partial charge in [0.15, 0.2) is 0 Å². The maximum atomic E-state index is 12.5. The van der Waals surface area contributed by atoms with E-state index >= 15 is 0 Å². The van der Waals surface area contributed by atoms with E-state index in [9.17, 15) is 13.2 Å². The molecule has 0 radical (unpaired) electrons. The predicted molar refractivity (Wildman–Crippen MR) is 110 cm³/mol. The number of rotatable bonds is 6. The highest BCUT2D eigenvalue weighted by molar-refractivity contribution is 7.89. The second-order valence-corrected chi connectivity index (χ2v) is 8.34.